The molecule has 4 nitrogen and oxygen atoms in total. The summed E-state index contributed by atoms with van der Waals surface area (Å²) in [7, 11) is 1.19. The summed E-state index contributed by atoms with van der Waals surface area (Å²) in [5.74, 6) is -1.37. The molecular weight excluding hydrogens is 279 g/mol. The van der Waals surface area contributed by atoms with Crippen molar-refractivity contribution in [1.82, 2.24) is 0 Å². The predicted molar refractivity (Wildman–Crippen MR) is 65.7 cm³/mol. The van der Waals surface area contributed by atoms with E-state index < -0.39 is 5.97 Å². The number of allylic oxidation sites excluding steroid dienone is 1. The molecule has 108 valence electrons. The minimum Gasteiger partial charge on any atom is -0.512 e. The zero-order valence-electron chi connectivity index (χ0n) is 11.2. The van der Waals surface area contributed by atoms with Crippen LogP contribution in [0.5, 0.6) is 0 Å². The van der Waals surface area contributed by atoms with Crippen LogP contribution in [-0.2, 0) is 30.8 Å². The summed E-state index contributed by atoms with van der Waals surface area (Å²) in [5.41, 5.74) is -0.219. The number of aliphatic hydroxyl groups excluding tert-OH is 1. The SMILES string of the molecule is CCCCCCCC(=O)/C(C(=O)OC)=C(/C)O.[Ni]. The third kappa shape index (κ3) is 7.49. The predicted octanol–water partition coefficient (Wildman–Crippen LogP) is 2.92. The molecule has 0 amide bonds. The second kappa shape index (κ2) is 11.3. The normalized spacial score (nSPS) is 11.3. The first-order valence-electron chi connectivity index (χ1n) is 6.05. The van der Waals surface area contributed by atoms with E-state index in [9.17, 15) is 14.7 Å². The van der Waals surface area contributed by atoms with Crippen LogP contribution in [0.25, 0.3) is 0 Å². The van der Waals surface area contributed by atoms with Gasteiger partial charge in [0.25, 0.3) is 0 Å². The van der Waals surface area contributed by atoms with E-state index in [0.29, 0.717) is 0 Å². The number of Topliss-reactive ketones (excluding diaryl/α,β-unsaturated/α-hetero) is 1. The van der Waals surface area contributed by atoms with Crippen molar-refractivity contribution in [2.45, 2.75) is 52.4 Å². The molecular formula is C13H22NiO4. The Labute approximate surface area is 119 Å². The van der Waals surface area contributed by atoms with Crippen molar-refractivity contribution >= 4 is 11.8 Å². The minimum atomic E-state index is -0.761. The number of carbonyl (C=O) groups excluding carboxylic acids is 2. The molecule has 0 unspecified atom stereocenters. The molecule has 0 aromatic heterocycles. The van der Waals surface area contributed by atoms with Crippen LogP contribution < -0.4 is 0 Å². The molecule has 0 fully saturated rings. The van der Waals surface area contributed by atoms with Crippen molar-refractivity contribution < 1.29 is 35.9 Å². The largest absolute Gasteiger partial charge is 0.512 e. The summed E-state index contributed by atoms with van der Waals surface area (Å²) in [6, 6.07) is 0. The topological polar surface area (TPSA) is 63.6 Å². The summed E-state index contributed by atoms with van der Waals surface area (Å²) >= 11 is 0. The van der Waals surface area contributed by atoms with Gasteiger partial charge in [-0.25, -0.2) is 4.79 Å². The van der Waals surface area contributed by atoms with Crippen LogP contribution in [0.3, 0.4) is 0 Å². The van der Waals surface area contributed by atoms with Gasteiger partial charge in [-0.2, -0.15) is 0 Å². The van der Waals surface area contributed by atoms with E-state index in [-0.39, 0.29) is 40.0 Å². The third-order valence-electron chi connectivity index (χ3n) is 2.54. The number of unbranched alkanes of at least 4 members (excludes halogenated alkanes) is 4. The van der Waals surface area contributed by atoms with Gasteiger partial charge in [0, 0.05) is 22.9 Å². The molecule has 0 heterocycles. The fourth-order valence-corrected chi connectivity index (χ4v) is 1.58. The molecule has 0 rings (SSSR count). The Morgan fingerprint density at radius 2 is 1.67 bits per heavy atom. The van der Waals surface area contributed by atoms with Gasteiger partial charge in [0.2, 0.25) is 0 Å². The van der Waals surface area contributed by atoms with Crippen LogP contribution in [0.2, 0.25) is 0 Å². The van der Waals surface area contributed by atoms with Gasteiger partial charge in [-0.05, 0) is 13.3 Å². The minimum absolute atomic E-state index is 0. The maximum atomic E-state index is 11.7. The fourth-order valence-electron chi connectivity index (χ4n) is 1.58. The zero-order chi connectivity index (χ0) is 13.3. The Balaban J connectivity index is 0. The average Bonchev–Trinajstić information content (AvgIpc) is 2.28. The molecule has 0 saturated heterocycles. The second-order valence-corrected chi connectivity index (χ2v) is 4.04. The third-order valence-corrected chi connectivity index (χ3v) is 2.54. The number of hydrogen-bond acceptors (Lipinski definition) is 4. The van der Waals surface area contributed by atoms with Gasteiger partial charge in [0.05, 0.1) is 7.11 Å². The van der Waals surface area contributed by atoms with Gasteiger partial charge < -0.3 is 9.84 Å². The van der Waals surface area contributed by atoms with E-state index in [4.69, 9.17) is 0 Å². The summed E-state index contributed by atoms with van der Waals surface area (Å²) in [6.07, 6.45) is 5.40. The number of ether oxygens (including phenoxy) is 1. The quantitative estimate of drug-likeness (QED) is 0.142. The van der Waals surface area contributed by atoms with E-state index in [1.165, 1.54) is 14.0 Å². The van der Waals surface area contributed by atoms with Crippen molar-refractivity contribution in [3.8, 4) is 0 Å². The number of ketones is 1. The van der Waals surface area contributed by atoms with Crippen molar-refractivity contribution in [3.63, 3.8) is 0 Å². The fraction of sp³-hybridized carbons (Fsp3) is 0.692. The van der Waals surface area contributed by atoms with E-state index in [1.54, 1.807) is 0 Å². The van der Waals surface area contributed by atoms with Crippen LogP contribution in [0, 0.1) is 0 Å². The van der Waals surface area contributed by atoms with E-state index in [2.05, 4.69) is 11.7 Å². The standard InChI is InChI=1S/C13H22O4.Ni/c1-4-5-6-7-8-9-11(15)12(10(2)14)13(16)17-3;/h14H,4-9H2,1-3H3;/b12-10+;. The summed E-state index contributed by atoms with van der Waals surface area (Å²) in [4.78, 5) is 23.0. The van der Waals surface area contributed by atoms with Gasteiger partial charge in [-0.3, -0.25) is 4.79 Å². The summed E-state index contributed by atoms with van der Waals surface area (Å²) in [6.45, 7) is 3.44. The van der Waals surface area contributed by atoms with Gasteiger partial charge in [-0.1, -0.05) is 32.6 Å². The molecule has 0 aromatic rings. The monoisotopic (exact) mass is 300 g/mol. The molecule has 0 aliphatic heterocycles. The van der Waals surface area contributed by atoms with Gasteiger partial charge >= 0.3 is 5.97 Å². The number of carbonyl (C=O) groups is 2. The van der Waals surface area contributed by atoms with Crippen molar-refractivity contribution in [3.05, 3.63) is 11.3 Å². The maximum Gasteiger partial charge on any atom is 0.344 e. The van der Waals surface area contributed by atoms with Crippen LogP contribution in [0.1, 0.15) is 52.4 Å². The Bertz CT molecular complexity index is 293. The molecule has 0 atom stereocenters. The molecule has 0 aliphatic carbocycles. The number of esters is 1. The Morgan fingerprint density at radius 3 is 2.11 bits per heavy atom. The first-order chi connectivity index (χ1) is 8.04. The molecule has 0 saturated carbocycles. The van der Waals surface area contributed by atoms with Gasteiger partial charge in [0.1, 0.15) is 11.3 Å². The van der Waals surface area contributed by atoms with E-state index in [0.717, 1.165) is 32.1 Å². The molecule has 1 N–H and O–H groups in total. The van der Waals surface area contributed by atoms with Crippen molar-refractivity contribution in [1.29, 1.82) is 0 Å². The molecule has 0 bridgehead atoms. The maximum absolute atomic E-state index is 11.7. The Kier molecular flexibility index (Phi) is 12.2. The van der Waals surface area contributed by atoms with Gasteiger partial charge in [0.15, 0.2) is 5.78 Å². The molecule has 0 aromatic carbocycles. The van der Waals surface area contributed by atoms with E-state index in [1.807, 2.05) is 0 Å². The molecule has 18 heavy (non-hydrogen) atoms. The van der Waals surface area contributed by atoms with Crippen LogP contribution in [0.15, 0.2) is 11.3 Å². The van der Waals surface area contributed by atoms with Gasteiger partial charge in [-0.15, -0.1) is 0 Å². The molecule has 5 heteroatoms. The van der Waals surface area contributed by atoms with Crippen LogP contribution in [-0.4, -0.2) is 24.0 Å². The smallest absolute Gasteiger partial charge is 0.344 e. The van der Waals surface area contributed by atoms with Crippen molar-refractivity contribution in [2.75, 3.05) is 7.11 Å². The summed E-state index contributed by atoms with van der Waals surface area (Å²) < 4.78 is 4.46. The molecule has 0 aliphatic rings. The zero-order valence-corrected chi connectivity index (χ0v) is 12.2. The summed E-state index contributed by atoms with van der Waals surface area (Å²) in [5, 5.41) is 9.28. The van der Waals surface area contributed by atoms with Crippen LogP contribution in [0.4, 0.5) is 0 Å². The van der Waals surface area contributed by atoms with Crippen LogP contribution >= 0.6 is 0 Å². The molecule has 0 spiro atoms. The first-order valence-corrected chi connectivity index (χ1v) is 6.05. The van der Waals surface area contributed by atoms with Crippen molar-refractivity contribution in [2.24, 2.45) is 0 Å². The number of rotatable bonds is 8. The second-order valence-electron chi connectivity index (χ2n) is 4.04. The average molecular weight is 301 g/mol. The first kappa shape index (κ1) is 19.5. The number of hydrogen-bond donors (Lipinski definition) is 1. The Morgan fingerprint density at radius 1 is 1.11 bits per heavy atom. The molecule has 0 radical (unpaired) electrons. The number of aliphatic hydroxyl groups is 1. The van der Waals surface area contributed by atoms with E-state index >= 15 is 0 Å². The number of methoxy groups -OCH3 is 1. The Hall–Kier alpha value is -0.826.